The molecule has 2 saturated heterocycles. The molecule has 2 unspecified atom stereocenters. The maximum absolute atomic E-state index is 14.1. The van der Waals surface area contributed by atoms with Crippen molar-refractivity contribution in [2.45, 2.75) is 49.4 Å². The van der Waals surface area contributed by atoms with E-state index in [1.807, 2.05) is 0 Å². The van der Waals surface area contributed by atoms with Gasteiger partial charge in [0.05, 0.1) is 11.3 Å². The van der Waals surface area contributed by atoms with Gasteiger partial charge in [-0.2, -0.15) is 0 Å². The molecule has 0 radical (unpaired) electrons. The van der Waals surface area contributed by atoms with E-state index in [1.54, 1.807) is 32.2 Å². The van der Waals surface area contributed by atoms with Gasteiger partial charge in [0.25, 0.3) is 5.91 Å². The molecule has 39 heavy (non-hydrogen) atoms. The quantitative estimate of drug-likeness (QED) is 0.559. The smallest absolute Gasteiger partial charge is 0.324 e. The van der Waals surface area contributed by atoms with Gasteiger partial charge in [-0.15, -0.1) is 0 Å². The van der Waals surface area contributed by atoms with Crippen LogP contribution in [0.3, 0.4) is 0 Å². The Bertz CT molecular complexity index is 1460. The molecule has 5 rings (SSSR count). The number of nitrogens with zero attached hydrogens (tertiary/aromatic N) is 2. The minimum atomic E-state index is -1.68. The van der Waals surface area contributed by atoms with Crippen LogP contribution >= 0.6 is 0 Å². The summed E-state index contributed by atoms with van der Waals surface area (Å²) in [5.74, 6) is -3.32. The molecule has 0 saturated carbocycles. The normalized spacial score (nSPS) is 27.6. The predicted molar refractivity (Wildman–Crippen MR) is 139 cm³/mol. The molecule has 2 aromatic rings. The van der Waals surface area contributed by atoms with Crippen LogP contribution in [0.25, 0.3) is 0 Å². The molecule has 9 nitrogen and oxygen atoms in total. The van der Waals surface area contributed by atoms with E-state index in [1.165, 1.54) is 23.6 Å². The third-order valence-corrected chi connectivity index (χ3v) is 10.3. The van der Waals surface area contributed by atoms with Gasteiger partial charge in [-0.3, -0.25) is 23.9 Å². The van der Waals surface area contributed by atoms with Crippen LogP contribution in [0.2, 0.25) is 0 Å². The highest BCUT2D eigenvalue weighted by Gasteiger charge is 2.55. The number of fused-ring (bicyclic) bond motifs is 1. The van der Waals surface area contributed by atoms with Gasteiger partial charge in [0.2, 0.25) is 11.8 Å². The number of carbonyl (C=O) groups excluding carboxylic acids is 4. The van der Waals surface area contributed by atoms with Crippen LogP contribution in [0.1, 0.15) is 37.5 Å². The maximum atomic E-state index is 14.1. The zero-order chi connectivity index (χ0) is 28.5. The zero-order valence-corrected chi connectivity index (χ0v) is 22.7. The minimum Gasteiger partial charge on any atom is -0.325 e. The number of hydrogen-bond donors (Lipinski definition) is 2. The van der Waals surface area contributed by atoms with E-state index in [-0.39, 0.29) is 23.6 Å². The Hall–Kier alpha value is -3.67. The first kappa shape index (κ1) is 26.9. The average Bonchev–Trinajstić information content (AvgIpc) is 3.33. The van der Waals surface area contributed by atoms with Gasteiger partial charge < -0.3 is 15.1 Å². The fraction of sp³-hybridized carbons (Fsp3) is 0.407. The molecule has 3 aliphatic rings. The van der Waals surface area contributed by atoms with Gasteiger partial charge in [-0.05, 0) is 61.7 Å². The number of nitrogens with one attached hydrogen (secondary N) is 2. The Morgan fingerprint density at radius 3 is 2.28 bits per heavy atom. The number of anilines is 1. The summed E-state index contributed by atoms with van der Waals surface area (Å²) in [5, 5.41) is 5.10. The molecular weight excluding hydrogens is 530 g/mol. The van der Waals surface area contributed by atoms with Crippen LogP contribution in [0, 0.1) is 11.6 Å². The number of urea groups is 1. The van der Waals surface area contributed by atoms with Crippen molar-refractivity contribution >= 4 is 40.2 Å². The molecule has 0 aromatic heterocycles. The molecule has 3 atom stereocenters. The second-order valence-corrected chi connectivity index (χ2v) is 13.1. The van der Waals surface area contributed by atoms with E-state index in [0.717, 1.165) is 23.3 Å². The summed E-state index contributed by atoms with van der Waals surface area (Å²) in [6.45, 7) is 4.12. The number of benzene rings is 2. The lowest BCUT2D eigenvalue weighted by Gasteiger charge is -2.49. The van der Waals surface area contributed by atoms with Crippen molar-refractivity contribution in [3.8, 4) is 0 Å². The van der Waals surface area contributed by atoms with Gasteiger partial charge in [-0.25, -0.2) is 13.6 Å². The van der Waals surface area contributed by atoms with E-state index < -0.39 is 62.6 Å². The van der Waals surface area contributed by atoms with Crippen LogP contribution < -0.4 is 10.6 Å². The van der Waals surface area contributed by atoms with Crippen molar-refractivity contribution in [1.29, 1.82) is 0 Å². The monoisotopic (exact) mass is 558 g/mol. The molecule has 1 aliphatic carbocycles. The average molecular weight is 559 g/mol. The summed E-state index contributed by atoms with van der Waals surface area (Å²) in [5.41, 5.74) is -0.216. The SMILES string of the molecule is CN1C(=O)NC(=O)C12Cc1ccc(NC(=O)CN3C(=O)C(C)(C)S(=O)C[C@]3(C)c3cc(F)cc(F)c3)cc1C2. The number of hydrogen-bond acceptors (Lipinski definition) is 5. The lowest BCUT2D eigenvalue weighted by atomic mass is 9.89. The summed E-state index contributed by atoms with van der Waals surface area (Å²) in [6.07, 6.45) is 0.635. The van der Waals surface area contributed by atoms with Crippen LogP contribution in [-0.4, -0.2) is 67.4 Å². The molecule has 12 heteroatoms. The van der Waals surface area contributed by atoms with Crippen molar-refractivity contribution in [3.05, 3.63) is 64.7 Å². The van der Waals surface area contributed by atoms with Crippen molar-refractivity contribution in [1.82, 2.24) is 15.1 Å². The Labute approximate surface area is 226 Å². The Kier molecular flexibility index (Phi) is 6.17. The molecule has 5 amide bonds. The molecule has 1 spiro atoms. The summed E-state index contributed by atoms with van der Waals surface area (Å²) >= 11 is 0. The van der Waals surface area contributed by atoms with Gasteiger partial charge >= 0.3 is 6.03 Å². The van der Waals surface area contributed by atoms with Gasteiger partial charge in [-0.1, -0.05) is 6.07 Å². The number of likely N-dealkylation sites (N-methyl/N-ethyl adjacent to an activating group) is 1. The number of halogens is 2. The van der Waals surface area contributed by atoms with Crippen molar-refractivity contribution in [3.63, 3.8) is 0 Å². The summed E-state index contributed by atoms with van der Waals surface area (Å²) in [7, 11) is -0.109. The number of rotatable bonds is 4. The highest BCUT2D eigenvalue weighted by molar-refractivity contribution is 7.87. The second-order valence-electron chi connectivity index (χ2n) is 11.1. The molecular formula is C27H28F2N4O5S. The standard InChI is InChI=1S/C27H28F2N4O5S/c1-25(2)23(36)33(26(3,14-39(25)38)17-8-18(28)10-19(29)9-17)13-21(34)30-20-6-5-15-11-27(12-16(15)7-20)22(35)31-24(37)32(27)4/h5-10H,11-14H2,1-4H3,(H,30,34)(H,31,35,37)/t26-,27?,39?/m1/s1. The van der Waals surface area contributed by atoms with Crippen molar-refractivity contribution in [2.24, 2.45) is 0 Å². The molecule has 206 valence electrons. The van der Waals surface area contributed by atoms with Crippen LogP contribution in [0.5, 0.6) is 0 Å². The first-order valence-corrected chi connectivity index (χ1v) is 13.7. The Morgan fingerprint density at radius 2 is 1.67 bits per heavy atom. The predicted octanol–water partition coefficient (Wildman–Crippen LogP) is 2.21. The Balaban J connectivity index is 1.40. The zero-order valence-electron chi connectivity index (χ0n) is 21.9. The maximum Gasteiger partial charge on any atom is 0.324 e. The summed E-state index contributed by atoms with van der Waals surface area (Å²) < 4.78 is 39.9. The Morgan fingerprint density at radius 1 is 1.03 bits per heavy atom. The largest absolute Gasteiger partial charge is 0.325 e. The first-order chi connectivity index (χ1) is 18.2. The van der Waals surface area contributed by atoms with Crippen LogP contribution in [0.4, 0.5) is 19.3 Å². The van der Waals surface area contributed by atoms with Crippen LogP contribution in [0.15, 0.2) is 36.4 Å². The molecule has 2 N–H and O–H groups in total. The molecule has 0 bridgehead atoms. The topological polar surface area (TPSA) is 116 Å². The first-order valence-electron chi connectivity index (χ1n) is 12.4. The van der Waals surface area contributed by atoms with Crippen molar-refractivity contribution in [2.75, 3.05) is 24.7 Å². The van der Waals surface area contributed by atoms with E-state index in [4.69, 9.17) is 0 Å². The minimum absolute atomic E-state index is 0.0985. The van der Waals surface area contributed by atoms with E-state index in [9.17, 15) is 32.2 Å². The third kappa shape index (κ3) is 4.21. The number of carbonyl (C=O) groups is 4. The van der Waals surface area contributed by atoms with E-state index in [2.05, 4.69) is 10.6 Å². The fourth-order valence-corrected chi connectivity index (χ4v) is 7.13. The number of imide groups is 1. The summed E-state index contributed by atoms with van der Waals surface area (Å²) in [6, 6.07) is 7.57. The lowest BCUT2D eigenvalue weighted by Crippen LogP contribution is -2.65. The van der Waals surface area contributed by atoms with Crippen molar-refractivity contribution < 1.29 is 32.2 Å². The van der Waals surface area contributed by atoms with Gasteiger partial charge in [0.1, 0.15) is 28.5 Å². The molecule has 2 fully saturated rings. The third-order valence-electron chi connectivity index (χ3n) is 8.17. The molecule has 2 aromatic carbocycles. The summed E-state index contributed by atoms with van der Waals surface area (Å²) in [4.78, 5) is 53.9. The highest BCUT2D eigenvalue weighted by atomic mass is 32.2. The second kappa shape index (κ2) is 8.94. The van der Waals surface area contributed by atoms with E-state index in [0.29, 0.717) is 18.2 Å². The van der Waals surface area contributed by atoms with Gasteiger partial charge in [0.15, 0.2) is 0 Å². The molecule has 2 aliphatic heterocycles. The van der Waals surface area contributed by atoms with Crippen LogP contribution in [-0.2, 0) is 43.6 Å². The molecule has 2 heterocycles. The fourth-order valence-electron chi connectivity index (χ4n) is 5.63. The highest BCUT2D eigenvalue weighted by Crippen LogP contribution is 2.40. The van der Waals surface area contributed by atoms with E-state index >= 15 is 0 Å². The lowest BCUT2D eigenvalue weighted by molar-refractivity contribution is -0.143. The number of amides is 5. The van der Waals surface area contributed by atoms with Gasteiger partial charge in [0, 0.05) is 42.4 Å².